The number of halogens is 1. The highest BCUT2D eigenvalue weighted by molar-refractivity contribution is 14.0. The number of methoxy groups -OCH3 is 1. The Morgan fingerprint density at radius 2 is 2.05 bits per heavy atom. The molecule has 0 aromatic rings. The predicted molar refractivity (Wildman–Crippen MR) is 95.2 cm³/mol. The van der Waals surface area contributed by atoms with Crippen molar-refractivity contribution in [2.24, 2.45) is 4.99 Å². The zero-order chi connectivity index (χ0) is 14.1. The van der Waals surface area contributed by atoms with Crippen molar-refractivity contribution in [2.45, 2.75) is 12.5 Å². The molecular weight excluding hydrogens is 369 g/mol. The first-order valence-electron chi connectivity index (χ1n) is 6.99. The number of nitrogens with one attached hydrogen (secondary N) is 2. The number of likely N-dealkylation sites (N-methyl/N-ethyl adjacent to an activating group) is 2. The Balaban J connectivity index is 0.00000361. The minimum atomic E-state index is 0. The topological polar surface area (TPSA) is 52.1 Å². The zero-order valence-electron chi connectivity index (χ0n) is 13.2. The summed E-state index contributed by atoms with van der Waals surface area (Å²) < 4.78 is 5.03. The van der Waals surface area contributed by atoms with Gasteiger partial charge >= 0.3 is 0 Å². The minimum Gasteiger partial charge on any atom is -0.385 e. The minimum absolute atomic E-state index is 0. The summed E-state index contributed by atoms with van der Waals surface area (Å²) in [5.74, 6) is 0.873. The highest BCUT2D eigenvalue weighted by Crippen LogP contribution is 2.04. The molecule has 1 atom stereocenters. The highest BCUT2D eigenvalue weighted by atomic mass is 127. The van der Waals surface area contributed by atoms with Crippen LogP contribution in [0.25, 0.3) is 0 Å². The summed E-state index contributed by atoms with van der Waals surface area (Å²) in [7, 11) is 7.90. The van der Waals surface area contributed by atoms with Crippen molar-refractivity contribution in [3.8, 4) is 0 Å². The zero-order valence-corrected chi connectivity index (χ0v) is 15.5. The van der Waals surface area contributed by atoms with Crippen molar-refractivity contribution < 1.29 is 4.74 Å². The number of nitrogens with zero attached hydrogens (tertiary/aromatic N) is 3. The maximum atomic E-state index is 5.03. The van der Waals surface area contributed by atoms with Gasteiger partial charge in [0.15, 0.2) is 5.96 Å². The van der Waals surface area contributed by atoms with E-state index in [2.05, 4.69) is 39.5 Å². The van der Waals surface area contributed by atoms with E-state index in [0.29, 0.717) is 6.04 Å². The van der Waals surface area contributed by atoms with Crippen molar-refractivity contribution in [3.63, 3.8) is 0 Å². The summed E-state index contributed by atoms with van der Waals surface area (Å²) in [6.07, 6.45) is 0.989. The molecule has 0 radical (unpaired) electrons. The van der Waals surface area contributed by atoms with Gasteiger partial charge < -0.3 is 20.3 Å². The van der Waals surface area contributed by atoms with Crippen LogP contribution in [0.5, 0.6) is 0 Å². The third-order valence-electron chi connectivity index (χ3n) is 3.53. The Labute approximate surface area is 140 Å². The van der Waals surface area contributed by atoms with E-state index < -0.39 is 0 Å². The third kappa shape index (κ3) is 7.61. The van der Waals surface area contributed by atoms with E-state index >= 15 is 0 Å². The van der Waals surface area contributed by atoms with Crippen LogP contribution in [0.1, 0.15) is 6.42 Å². The van der Waals surface area contributed by atoms with Gasteiger partial charge in [-0.25, -0.2) is 0 Å². The largest absolute Gasteiger partial charge is 0.385 e. The lowest BCUT2D eigenvalue weighted by molar-refractivity contribution is 0.116. The molecule has 1 fully saturated rings. The van der Waals surface area contributed by atoms with Gasteiger partial charge in [0.2, 0.25) is 0 Å². The van der Waals surface area contributed by atoms with Gasteiger partial charge in [-0.1, -0.05) is 0 Å². The van der Waals surface area contributed by atoms with Crippen LogP contribution in [0.2, 0.25) is 0 Å². The molecule has 6 nitrogen and oxygen atoms in total. The number of rotatable bonds is 6. The molecule has 1 unspecified atom stereocenters. The standard InChI is InChI=1S/C13H29N5O.HI/c1-14-13(15-6-5-9-19-4)16-10-12-11-17(2)7-8-18(12)3;/h12H,5-11H2,1-4H3,(H2,14,15,16);1H. The number of aliphatic imine (C=N–C) groups is 1. The van der Waals surface area contributed by atoms with Crippen LogP contribution >= 0.6 is 24.0 Å². The SMILES string of the molecule is CN=C(NCCCOC)NCC1CN(C)CCN1C.I. The van der Waals surface area contributed by atoms with E-state index in [-0.39, 0.29) is 24.0 Å². The van der Waals surface area contributed by atoms with E-state index in [0.717, 1.165) is 51.7 Å². The molecule has 0 spiro atoms. The van der Waals surface area contributed by atoms with E-state index in [9.17, 15) is 0 Å². The quantitative estimate of drug-likeness (QED) is 0.286. The Morgan fingerprint density at radius 3 is 2.70 bits per heavy atom. The van der Waals surface area contributed by atoms with Crippen LogP contribution in [-0.2, 0) is 4.74 Å². The molecule has 0 amide bonds. The van der Waals surface area contributed by atoms with Gasteiger partial charge in [0.05, 0.1) is 0 Å². The van der Waals surface area contributed by atoms with Crippen LogP contribution < -0.4 is 10.6 Å². The van der Waals surface area contributed by atoms with Crippen LogP contribution in [0.15, 0.2) is 4.99 Å². The van der Waals surface area contributed by atoms with Crippen LogP contribution in [-0.4, -0.2) is 89.4 Å². The molecule has 1 saturated heterocycles. The highest BCUT2D eigenvalue weighted by Gasteiger charge is 2.21. The molecule has 0 saturated carbocycles. The molecule has 1 heterocycles. The van der Waals surface area contributed by atoms with Crippen molar-refractivity contribution in [3.05, 3.63) is 0 Å². The van der Waals surface area contributed by atoms with E-state index in [1.807, 2.05) is 7.05 Å². The number of hydrogen-bond acceptors (Lipinski definition) is 4. The average molecular weight is 399 g/mol. The molecule has 0 aromatic carbocycles. The molecule has 7 heteroatoms. The lowest BCUT2D eigenvalue weighted by atomic mass is 10.2. The molecule has 20 heavy (non-hydrogen) atoms. The van der Waals surface area contributed by atoms with E-state index in [4.69, 9.17) is 4.74 Å². The molecule has 2 N–H and O–H groups in total. The van der Waals surface area contributed by atoms with Crippen molar-refractivity contribution >= 4 is 29.9 Å². The molecule has 0 aromatic heterocycles. The lowest BCUT2D eigenvalue weighted by Gasteiger charge is -2.37. The predicted octanol–water partition coefficient (Wildman–Crippen LogP) is 0.0517. The van der Waals surface area contributed by atoms with Crippen molar-refractivity contribution in [2.75, 3.05) is 67.6 Å². The van der Waals surface area contributed by atoms with Crippen LogP contribution in [0, 0.1) is 0 Å². The average Bonchev–Trinajstić information content (AvgIpc) is 2.41. The second-order valence-corrected chi connectivity index (χ2v) is 5.12. The first kappa shape index (κ1) is 19.9. The Morgan fingerprint density at radius 1 is 1.30 bits per heavy atom. The maximum Gasteiger partial charge on any atom is 0.191 e. The van der Waals surface area contributed by atoms with E-state index in [1.54, 1.807) is 7.11 Å². The molecule has 1 rings (SSSR count). The number of guanidine groups is 1. The number of piperazine rings is 1. The van der Waals surface area contributed by atoms with Gasteiger partial charge in [-0.15, -0.1) is 24.0 Å². The van der Waals surface area contributed by atoms with Gasteiger partial charge in [-0.05, 0) is 20.5 Å². The Hall–Kier alpha value is -0.120. The summed E-state index contributed by atoms with van der Waals surface area (Å²) in [6, 6.07) is 0.538. The third-order valence-corrected chi connectivity index (χ3v) is 3.53. The first-order valence-corrected chi connectivity index (χ1v) is 6.99. The van der Waals surface area contributed by atoms with Gasteiger partial charge in [-0.3, -0.25) is 9.89 Å². The fraction of sp³-hybridized carbons (Fsp3) is 0.923. The summed E-state index contributed by atoms with van der Waals surface area (Å²) in [5.41, 5.74) is 0. The van der Waals surface area contributed by atoms with Crippen molar-refractivity contribution in [1.82, 2.24) is 20.4 Å². The summed E-state index contributed by atoms with van der Waals surface area (Å²) in [6.45, 7) is 5.96. The molecule has 1 aliphatic rings. The summed E-state index contributed by atoms with van der Waals surface area (Å²) in [4.78, 5) is 9.02. The molecule has 120 valence electrons. The number of hydrogen-bond donors (Lipinski definition) is 2. The number of ether oxygens (including phenoxy) is 1. The monoisotopic (exact) mass is 399 g/mol. The Kier molecular flexibility index (Phi) is 11.5. The molecule has 1 aliphatic heterocycles. The van der Waals surface area contributed by atoms with Crippen molar-refractivity contribution in [1.29, 1.82) is 0 Å². The van der Waals surface area contributed by atoms with Crippen LogP contribution in [0.3, 0.4) is 0 Å². The summed E-state index contributed by atoms with van der Waals surface area (Å²) >= 11 is 0. The fourth-order valence-corrected chi connectivity index (χ4v) is 2.18. The summed E-state index contributed by atoms with van der Waals surface area (Å²) in [5, 5.41) is 6.69. The smallest absolute Gasteiger partial charge is 0.191 e. The maximum absolute atomic E-state index is 5.03. The fourth-order valence-electron chi connectivity index (χ4n) is 2.18. The molecule has 0 bridgehead atoms. The van der Waals surface area contributed by atoms with E-state index in [1.165, 1.54) is 0 Å². The van der Waals surface area contributed by atoms with Gasteiger partial charge in [0.1, 0.15) is 0 Å². The molecular formula is C13H30IN5O. The molecule has 0 aliphatic carbocycles. The normalized spacial score (nSPS) is 21.4. The van der Waals surface area contributed by atoms with Crippen LogP contribution in [0.4, 0.5) is 0 Å². The van der Waals surface area contributed by atoms with Gasteiger partial charge in [0, 0.05) is 59.5 Å². The second-order valence-electron chi connectivity index (χ2n) is 5.12. The first-order chi connectivity index (χ1) is 9.17. The second kappa shape index (κ2) is 11.5. The Bertz CT molecular complexity index is 277. The van der Waals surface area contributed by atoms with Gasteiger partial charge in [-0.2, -0.15) is 0 Å². The van der Waals surface area contributed by atoms with Gasteiger partial charge in [0.25, 0.3) is 0 Å². The lowest BCUT2D eigenvalue weighted by Crippen LogP contribution is -2.55.